The number of rotatable bonds is 4. The number of hydrogen-bond donors (Lipinski definition) is 1. The maximum Gasteiger partial charge on any atom is 0.416 e. The van der Waals surface area contributed by atoms with Crippen LogP contribution >= 0.6 is 0 Å². The normalized spacial score (nSPS) is 12.2. The first-order chi connectivity index (χ1) is 13.1. The zero-order valence-corrected chi connectivity index (χ0v) is 14.4. The molecule has 0 spiro atoms. The van der Waals surface area contributed by atoms with Gasteiger partial charge >= 0.3 is 6.18 Å². The molecule has 144 valence electrons. The van der Waals surface area contributed by atoms with Gasteiger partial charge in [-0.1, -0.05) is 0 Å². The van der Waals surface area contributed by atoms with Crippen molar-refractivity contribution in [3.63, 3.8) is 0 Å². The van der Waals surface area contributed by atoms with Crippen molar-refractivity contribution in [3.8, 4) is 11.4 Å². The van der Waals surface area contributed by atoms with Gasteiger partial charge in [0, 0.05) is 23.5 Å². The van der Waals surface area contributed by atoms with Crippen LogP contribution in [0.1, 0.15) is 16.7 Å². The Labute approximate surface area is 156 Å². The molecule has 0 fully saturated rings. The number of pyridine rings is 1. The molecule has 0 radical (unpaired) electrons. The number of hydrogen-bond acceptors (Lipinski definition) is 4. The van der Waals surface area contributed by atoms with E-state index in [0.717, 1.165) is 29.1 Å². The van der Waals surface area contributed by atoms with Crippen molar-refractivity contribution >= 4 is 17.7 Å². The fourth-order valence-electron chi connectivity index (χ4n) is 2.52. The Balaban J connectivity index is 2.01. The summed E-state index contributed by atoms with van der Waals surface area (Å²) in [4.78, 5) is 19.3. The number of amides is 1. The molecular formula is C18H13F4N5O. The molecule has 0 aliphatic heterocycles. The first kappa shape index (κ1) is 19.2. The molecule has 0 saturated carbocycles. The number of carbonyl (C=O) groups is 1. The van der Waals surface area contributed by atoms with Crippen LogP contribution in [0, 0.1) is 12.7 Å². The summed E-state index contributed by atoms with van der Waals surface area (Å²) in [5.41, 5.74) is 5.09. The van der Waals surface area contributed by atoms with Crippen LogP contribution in [-0.4, -0.2) is 25.7 Å². The number of aromatic nitrogens is 4. The Morgan fingerprint density at radius 3 is 2.57 bits per heavy atom. The minimum absolute atomic E-state index is 0.0200. The highest BCUT2D eigenvalue weighted by Crippen LogP contribution is 2.32. The second-order valence-corrected chi connectivity index (χ2v) is 5.93. The van der Waals surface area contributed by atoms with Gasteiger partial charge in [0.15, 0.2) is 5.82 Å². The monoisotopic (exact) mass is 391 g/mol. The number of alkyl halides is 3. The molecule has 1 aromatic carbocycles. The highest BCUT2D eigenvalue weighted by atomic mass is 19.4. The van der Waals surface area contributed by atoms with Gasteiger partial charge in [0.2, 0.25) is 0 Å². The highest BCUT2D eigenvalue weighted by molar-refractivity contribution is 6.22. The Kier molecular flexibility index (Phi) is 4.95. The molecule has 3 rings (SSSR count). The number of nitrogens with two attached hydrogens (primary N) is 1. The molecule has 0 saturated heterocycles. The summed E-state index contributed by atoms with van der Waals surface area (Å²) in [6.07, 6.45) is 0.0858. The topological polar surface area (TPSA) is 86.7 Å². The first-order valence-electron chi connectivity index (χ1n) is 7.86. The standard InChI is InChI=1S/C18H13F4N5O/c1-10-2-11(4-13(3-10)18(20,21)22)17-25-9-27(26-17)8-15(16(23)28)12-5-14(19)7-24-6-12/h2-9H,1H3,(H2,23,28)/b15-8+. The number of primary amides is 1. The van der Waals surface area contributed by atoms with Crippen molar-refractivity contribution < 1.29 is 22.4 Å². The second kappa shape index (κ2) is 7.22. The van der Waals surface area contributed by atoms with Gasteiger partial charge in [-0.3, -0.25) is 9.78 Å². The lowest BCUT2D eigenvalue weighted by Gasteiger charge is -2.09. The summed E-state index contributed by atoms with van der Waals surface area (Å²) in [5, 5.41) is 4.05. The third kappa shape index (κ3) is 4.22. The number of aryl methyl sites for hydroxylation is 1. The number of nitrogens with zero attached hydrogens (tertiary/aromatic N) is 4. The molecule has 2 N–H and O–H groups in total. The molecule has 0 bridgehead atoms. The smallest absolute Gasteiger partial charge is 0.366 e. The van der Waals surface area contributed by atoms with E-state index >= 15 is 0 Å². The van der Waals surface area contributed by atoms with Crippen LogP contribution in [0.3, 0.4) is 0 Å². The number of halogens is 4. The van der Waals surface area contributed by atoms with Crippen LogP contribution in [0.2, 0.25) is 0 Å². The van der Waals surface area contributed by atoms with E-state index in [2.05, 4.69) is 15.1 Å². The highest BCUT2D eigenvalue weighted by Gasteiger charge is 2.31. The zero-order chi connectivity index (χ0) is 20.5. The molecule has 3 aromatic rings. The zero-order valence-electron chi connectivity index (χ0n) is 14.4. The van der Waals surface area contributed by atoms with Crippen LogP contribution in [0.5, 0.6) is 0 Å². The van der Waals surface area contributed by atoms with E-state index in [0.29, 0.717) is 5.56 Å². The minimum Gasteiger partial charge on any atom is -0.366 e. The van der Waals surface area contributed by atoms with E-state index in [1.807, 2.05) is 0 Å². The quantitative estimate of drug-likeness (QED) is 0.546. The maximum absolute atomic E-state index is 13.4. The van der Waals surface area contributed by atoms with Gasteiger partial charge in [0.1, 0.15) is 12.1 Å². The van der Waals surface area contributed by atoms with Gasteiger partial charge in [-0.15, -0.1) is 5.10 Å². The Morgan fingerprint density at radius 2 is 1.93 bits per heavy atom. The Bertz CT molecular complexity index is 1070. The van der Waals surface area contributed by atoms with E-state index in [4.69, 9.17) is 5.73 Å². The fourth-order valence-corrected chi connectivity index (χ4v) is 2.52. The van der Waals surface area contributed by atoms with Crippen molar-refractivity contribution in [1.82, 2.24) is 19.7 Å². The van der Waals surface area contributed by atoms with Crippen molar-refractivity contribution in [3.05, 3.63) is 65.5 Å². The van der Waals surface area contributed by atoms with Gasteiger partial charge in [-0.25, -0.2) is 14.1 Å². The van der Waals surface area contributed by atoms with Gasteiger partial charge in [-0.05, 0) is 36.8 Å². The molecule has 6 nitrogen and oxygen atoms in total. The maximum atomic E-state index is 13.4. The van der Waals surface area contributed by atoms with Crippen molar-refractivity contribution in [2.45, 2.75) is 13.1 Å². The van der Waals surface area contributed by atoms with Crippen molar-refractivity contribution in [2.75, 3.05) is 0 Å². The molecule has 0 unspecified atom stereocenters. The van der Waals surface area contributed by atoms with Gasteiger partial charge in [-0.2, -0.15) is 13.2 Å². The van der Waals surface area contributed by atoms with Crippen LogP contribution in [0.4, 0.5) is 17.6 Å². The molecule has 10 heteroatoms. The van der Waals surface area contributed by atoms with E-state index in [1.165, 1.54) is 31.7 Å². The van der Waals surface area contributed by atoms with E-state index < -0.39 is 23.5 Å². The van der Waals surface area contributed by atoms with Gasteiger partial charge in [0.05, 0.1) is 17.3 Å². The average molecular weight is 391 g/mol. The Hall–Kier alpha value is -3.56. The summed E-state index contributed by atoms with van der Waals surface area (Å²) in [6, 6.07) is 4.52. The molecule has 0 atom stereocenters. The largest absolute Gasteiger partial charge is 0.416 e. The van der Waals surface area contributed by atoms with Gasteiger partial charge in [0.25, 0.3) is 5.91 Å². The van der Waals surface area contributed by atoms with Crippen molar-refractivity contribution in [2.24, 2.45) is 5.73 Å². The SMILES string of the molecule is Cc1cc(-c2ncn(/C=C(/C(N)=O)c3cncc(F)c3)n2)cc(C(F)(F)F)c1. The lowest BCUT2D eigenvalue weighted by Crippen LogP contribution is -2.14. The molecular weight excluding hydrogens is 378 g/mol. The van der Waals surface area contributed by atoms with E-state index in [1.54, 1.807) is 0 Å². The van der Waals surface area contributed by atoms with Crippen molar-refractivity contribution in [1.29, 1.82) is 0 Å². The number of benzene rings is 1. The van der Waals surface area contributed by atoms with Crippen LogP contribution in [-0.2, 0) is 11.0 Å². The van der Waals surface area contributed by atoms with Crippen LogP contribution < -0.4 is 5.73 Å². The summed E-state index contributed by atoms with van der Waals surface area (Å²) >= 11 is 0. The lowest BCUT2D eigenvalue weighted by molar-refractivity contribution is -0.137. The summed E-state index contributed by atoms with van der Waals surface area (Å²) in [7, 11) is 0. The summed E-state index contributed by atoms with van der Waals surface area (Å²) in [6.45, 7) is 1.53. The molecule has 0 aliphatic carbocycles. The molecule has 2 heterocycles. The van der Waals surface area contributed by atoms with Crippen LogP contribution in [0.25, 0.3) is 23.2 Å². The predicted molar refractivity (Wildman–Crippen MR) is 92.8 cm³/mol. The van der Waals surface area contributed by atoms with E-state index in [9.17, 15) is 22.4 Å². The molecule has 1 amide bonds. The summed E-state index contributed by atoms with van der Waals surface area (Å²) in [5.74, 6) is -1.51. The third-order valence-corrected chi connectivity index (χ3v) is 3.71. The van der Waals surface area contributed by atoms with E-state index in [-0.39, 0.29) is 22.5 Å². The fraction of sp³-hybridized carbons (Fsp3) is 0.111. The Morgan fingerprint density at radius 1 is 1.18 bits per heavy atom. The second-order valence-electron chi connectivity index (χ2n) is 5.93. The molecule has 0 aliphatic rings. The first-order valence-corrected chi connectivity index (χ1v) is 7.86. The lowest BCUT2D eigenvalue weighted by atomic mass is 10.1. The average Bonchev–Trinajstić information content (AvgIpc) is 3.07. The molecule has 28 heavy (non-hydrogen) atoms. The minimum atomic E-state index is -4.51. The predicted octanol–water partition coefficient (Wildman–Crippen LogP) is 3.29. The summed E-state index contributed by atoms with van der Waals surface area (Å²) < 4.78 is 53.5. The third-order valence-electron chi connectivity index (χ3n) is 3.71. The van der Waals surface area contributed by atoms with Crippen LogP contribution in [0.15, 0.2) is 43.0 Å². The number of carbonyl (C=O) groups excluding carboxylic acids is 1. The van der Waals surface area contributed by atoms with Gasteiger partial charge < -0.3 is 5.73 Å². The molecule has 2 aromatic heterocycles.